The van der Waals surface area contributed by atoms with Crippen molar-refractivity contribution in [1.29, 1.82) is 0 Å². The molecular weight excluding hydrogens is 546 g/mol. The third kappa shape index (κ3) is 12.9. The predicted molar refractivity (Wildman–Crippen MR) is 156 cm³/mol. The molecule has 0 saturated carbocycles. The SMILES string of the molecule is CCNC(CCC(=O)NCc1cn(C(C)(C)CCO)nn1)C(=O)NC(C(=O)NC(CCCNC(N)=O)C(C)=O)C(C)C. The highest BCUT2D eigenvalue weighted by atomic mass is 16.3. The Labute approximate surface area is 247 Å². The van der Waals surface area contributed by atoms with E-state index in [1.807, 2.05) is 20.8 Å². The van der Waals surface area contributed by atoms with Gasteiger partial charge in [0.15, 0.2) is 5.78 Å². The van der Waals surface area contributed by atoms with E-state index < -0.39 is 41.5 Å². The molecule has 0 saturated heterocycles. The second kappa shape index (κ2) is 18.1. The normalized spacial score (nSPS) is 13.6. The Balaban J connectivity index is 2.71. The van der Waals surface area contributed by atoms with Crippen molar-refractivity contribution >= 4 is 29.5 Å². The molecule has 0 radical (unpaired) electrons. The van der Waals surface area contributed by atoms with E-state index in [0.29, 0.717) is 31.5 Å². The number of ketones is 1. The molecule has 0 aliphatic heterocycles. The average molecular weight is 596 g/mol. The highest BCUT2D eigenvalue weighted by Crippen LogP contribution is 2.18. The van der Waals surface area contributed by atoms with E-state index in [0.717, 1.165) is 0 Å². The molecule has 5 amide bonds. The van der Waals surface area contributed by atoms with Crippen LogP contribution in [0.3, 0.4) is 0 Å². The van der Waals surface area contributed by atoms with Crippen LogP contribution in [0.25, 0.3) is 0 Å². The van der Waals surface area contributed by atoms with Gasteiger partial charge in [0.1, 0.15) is 11.7 Å². The number of aliphatic hydroxyl groups excluding tert-OH is 1. The molecule has 0 spiro atoms. The molecule has 238 valence electrons. The molecular formula is C27H49N9O6. The minimum absolute atomic E-state index is 0.0125. The molecule has 15 heteroatoms. The Hall–Kier alpha value is -3.59. The predicted octanol–water partition coefficient (Wildman–Crippen LogP) is -0.567. The minimum Gasteiger partial charge on any atom is -0.396 e. The van der Waals surface area contributed by atoms with E-state index >= 15 is 0 Å². The maximum absolute atomic E-state index is 13.1. The van der Waals surface area contributed by atoms with Gasteiger partial charge in [-0.15, -0.1) is 5.10 Å². The van der Waals surface area contributed by atoms with E-state index in [4.69, 9.17) is 5.73 Å². The van der Waals surface area contributed by atoms with Crippen molar-refractivity contribution in [2.75, 3.05) is 19.7 Å². The van der Waals surface area contributed by atoms with Crippen molar-refractivity contribution in [2.45, 2.75) is 104 Å². The first-order chi connectivity index (χ1) is 19.7. The van der Waals surface area contributed by atoms with Crippen molar-refractivity contribution in [1.82, 2.24) is 41.6 Å². The highest BCUT2D eigenvalue weighted by Gasteiger charge is 2.30. The summed E-state index contributed by atoms with van der Waals surface area (Å²) in [7, 11) is 0. The number of amides is 5. The third-order valence-electron chi connectivity index (χ3n) is 6.80. The topological polar surface area (TPSA) is 222 Å². The Morgan fingerprint density at radius 3 is 2.31 bits per heavy atom. The quantitative estimate of drug-likeness (QED) is 0.0958. The van der Waals surface area contributed by atoms with Gasteiger partial charge in [-0.3, -0.25) is 19.2 Å². The summed E-state index contributed by atoms with van der Waals surface area (Å²) < 4.78 is 1.65. The monoisotopic (exact) mass is 595 g/mol. The molecule has 3 unspecified atom stereocenters. The number of nitrogens with one attached hydrogen (secondary N) is 5. The van der Waals surface area contributed by atoms with Gasteiger partial charge in [-0.25, -0.2) is 9.48 Å². The molecule has 3 atom stereocenters. The molecule has 1 aromatic heterocycles. The molecule has 0 aliphatic rings. The van der Waals surface area contributed by atoms with Gasteiger partial charge in [0.25, 0.3) is 0 Å². The number of rotatable bonds is 20. The zero-order valence-corrected chi connectivity index (χ0v) is 25.7. The number of hydrogen-bond acceptors (Lipinski definition) is 9. The van der Waals surface area contributed by atoms with Crippen molar-refractivity contribution in [2.24, 2.45) is 11.7 Å². The summed E-state index contributed by atoms with van der Waals surface area (Å²) in [5, 5.41) is 31.1. The molecule has 1 heterocycles. The fourth-order valence-electron chi connectivity index (χ4n) is 4.13. The van der Waals surface area contributed by atoms with Crippen LogP contribution < -0.4 is 32.3 Å². The van der Waals surface area contributed by atoms with Gasteiger partial charge in [-0.2, -0.15) is 0 Å². The summed E-state index contributed by atoms with van der Waals surface area (Å²) in [4.78, 5) is 61.7. The van der Waals surface area contributed by atoms with Crippen LogP contribution in [-0.4, -0.2) is 87.5 Å². The Kier molecular flexibility index (Phi) is 15.7. The molecule has 15 nitrogen and oxygen atoms in total. The fraction of sp³-hybridized carbons (Fsp3) is 0.741. The summed E-state index contributed by atoms with van der Waals surface area (Å²) in [6, 6.07) is -3.08. The van der Waals surface area contributed by atoms with Gasteiger partial charge < -0.3 is 37.4 Å². The molecule has 8 N–H and O–H groups in total. The highest BCUT2D eigenvalue weighted by molar-refractivity contribution is 5.93. The van der Waals surface area contributed by atoms with Crippen LogP contribution in [-0.2, 0) is 31.3 Å². The van der Waals surface area contributed by atoms with Crippen molar-refractivity contribution in [3.63, 3.8) is 0 Å². The van der Waals surface area contributed by atoms with Crippen LogP contribution in [0, 0.1) is 5.92 Å². The van der Waals surface area contributed by atoms with Crippen LogP contribution in [0.15, 0.2) is 6.20 Å². The lowest BCUT2D eigenvalue weighted by Gasteiger charge is -2.27. The van der Waals surface area contributed by atoms with Gasteiger partial charge in [-0.05, 0) is 58.9 Å². The zero-order chi connectivity index (χ0) is 31.9. The number of Topliss-reactive ketones (excluding diaryl/α,β-unsaturated/α-hetero) is 1. The van der Waals surface area contributed by atoms with Gasteiger partial charge in [0.2, 0.25) is 17.7 Å². The second-order valence-electron chi connectivity index (χ2n) is 11.2. The maximum Gasteiger partial charge on any atom is 0.312 e. The van der Waals surface area contributed by atoms with E-state index in [2.05, 4.69) is 36.9 Å². The van der Waals surface area contributed by atoms with Crippen molar-refractivity contribution < 1.29 is 29.1 Å². The van der Waals surface area contributed by atoms with Gasteiger partial charge in [0, 0.05) is 19.6 Å². The first-order valence-corrected chi connectivity index (χ1v) is 14.4. The molecule has 1 rings (SSSR count). The maximum atomic E-state index is 13.1. The summed E-state index contributed by atoms with van der Waals surface area (Å²) in [6.45, 7) is 11.5. The van der Waals surface area contributed by atoms with Gasteiger partial charge in [-0.1, -0.05) is 26.0 Å². The lowest BCUT2D eigenvalue weighted by molar-refractivity contribution is -0.133. The first-order valence-electron chi connectivity index (χ1n) is 14.4. The first kappa shape index (κ1) is 36.4. The summed E-state index contributed by atoms with van der Waals surface area (Å²) >= 11 is 0. The average Bonchev–Trinajstić information content (AvgIpc) is 3.39. The number of nitrogens with zero attached hydrogens (tertiary/aromatic N) is 3. The molecule has 0 aromatic carbocycles. The van der Waals surface area contributed by atoms with Crippen LogP contribution in [0.2, 0.25) is 0 Å². The molecule has 42 heavy (non-hydrogen) atoms. The molecule has 0 bridgehead atoms. The Morgan fingerprint density at radius 1 is 1.05 bits per heavy atom. The number of aromatic nitrogens is 3. The van der Waals surface area contributed by atoms with Gasteiger partial charge >= 0.3 is 6.03 Å². The van der Waals surface area contributed by atoms with Crippen molar-refractivity contribution in [3.05, 3.63) is 11.9 Å². The lowest BCUT2D eigenvalue weighted by Crippen LogP contribution is -2.56. The third-order valence-corrected chi connectivity index (χ3v) is 6.80. The van der Waals surface area contributed by atoms with E-state index in [1.165, 1.54) is 6.92 Å². The Morgan fingerprint density at radius 2 is 1.74 bits per heavy atom. The lowest BCUT2D eigenvalue weighted by atomic mass is 10.0. The fourth-order valence-corrected chi connectivity index (χ4v) is 4.13. The van der Waals surface area contributed by atoms with Crippen LogP contribution >= 0.6 is 0 Å². The van der Waals surface area contributed by atoms with E-state index in [-0.39, 0.29) is 50.1 Å². The number of primary amides is 1. The largest absolute Gasteiger partial charge is 0.396 e. The van der Waals surface area contributed by atoms with Crippen molar-refractivity contribution in [3.8, 4) is 0 Å². The number of aliphatic hydroxyl groups is 1. The minimum atomic E-state index is -0.907. The number of carbonyl (C=O) groups is 5. The second-order valence-corrected chi connectivity index (χ2v) is 11.2. The standard InChI is InChI=1S/C27H49N9O6/c1-7-29-21(10-11-22(39)31-15-19-16-36(35-34-19)27(5,6)12-14-37)24(40)33-23(17(2)3)25(41)32-20(18(4)38)9-8-13-30-26(28)42/h16-17,20-21,23,29,37H,7-15H2,1-6H3,(H,31,39)(H,32,41)(H,33,40)(H3,28,30,42). The number of likely N-dealkylation sites (N-methyl/N-ethyl adjacent to an activating group) is 1. The molecule has 1 aromatic rings. The molecule has 0 fully saturated rings. The van der Waals surface area contributed by atoms with E-state index in [1.54, 1.807) is 24.7 Å². The summed E-state index contributed by atoms with van der Waals surface area (Å²) in [5.74, 6) is -1.73. The number of urea groups is 1. The number of hydrogen-bond donors (Lipinski definition) is 7. The van der Waals surface area contributed by atoms with Crippen LogP contribution in [0.4, 0.5) is 4.79 Å². The smallest absolute Gasteiger partial charge is 0.312 e. The van der Waals surface area contributed by atoms with E-state index in [9.17, 15) is 29.1 Å². The van der Waals surface area contributed by atoms with Crippen LogP contribution in [0.1, 0.15) is 79.3 Å². The van der Waals surface area contributed by atoms with Gasteiger partial charge in [0.05, 0.1) is 30.4 Å². The van der Waals surface area contributed by atoms with Crippen LogP contribution in [0.5, 0.6) is 0 Å². The Bertz CT molecular complexity index is 1040. The molecule has 0 aliphatic carbocycles. The zero-order valence-electron chi connectivity index (χ0n) is 25.7. The summed E-state index contributed by atoms with van der Waals surface area (Å²) in [6.07, 6.45) is 3.19. The number of carbonyl (C=O) groups excluding carboxylic acids is 5. The number of nitrogens with two attached hydrogens (primary N) is 1. The summed E-state index contributed by atoms with van der Waals surface area (Å²) in [5.41, 5.74) is 5.19.